The zero-order chi connectivity index (χ0) is 16.3. The molecule has 5 nitrogen and oxygen atoms in total. The average molecular weight is 319 g/mol. The van der Waals surface area contributed by atoms with E-state index < -0.39 is 5.97 Å². The topological polar surface area (TPSA) is 74.3 Å². The largest absolute Gasteiger partial charge is 0.544 e. The van der Waals surface area contributed by atoms with Gasteiger partial charge in [0.15, 0.2) is 5.13 Å². The van der Waals surface area contributed by atoms with Crippen molar-refractivity contribution >= 4 is 22.4 Å². The van der Waals surface area contributed by atoms with Crippen LogP contribution in [0, 0.1) is 27.7 Å². The number of carbonyl (C=O) groups is 1. The molecule has 0 bridgehead atoms. The molecule has 0 aliphatic heterocycles. The van der Waals surface area contributed by atoms with E-state index in [1.807, 2.05) is 19.9 Å². The molecule has 0 radical (unpaired) electrons. The van der Waals surface area contributed by atoms with Gasteiger partial charge in [0.1, 0.15) is 12.4 Å². The monoisotopic (exact) mass is 319 g/mol. The maximum atomic E-state index is 10.9. The fourth-order valence-corrected chi connectivity index (χ4v) is 2.95. The fraction of sp³-hybridized carbons (Fsp3) is 0.375. The molecule has 1 aromatic heterocycles. The van der Waals surface area contributed by atoms with Crippen LogP contribution in [-0.4, -0.2) is 24.1 Å². The zero-order valence-electron chi connectivity index (χ0n) is 13.1. The Morgan fingerprint density at radius 3 is 2.59 bits per heavy atom. The number of aromatic nitrogens is 1. The molecular weight excluding hydrogens is 300 g/mol. The lowest BCUT2D eigenvalue weighted by Gasteiger charge is -2.14. The average Bonchev–Trinajstić information content (AvgIpc) is 2.83. The van der Waals surface area contributed by atoms with Crippen molar-refractivity contribution in [2.45, 2.75) is 27.7 Å². The van der Waals surface area contributed by atoms with Crippen LogP contribution < -0.4 is 15.2 Å². The van der Waals surface area contributed by atoms with Crippen molar-refractivity contribution in [3.8, 4) is 5.75 Å². The molecule has 118 valence electrons. The van der Waals surface area contributed by atoms with Crippen LogP contribution in [0.3, 0.4) is 0 Å². The summed E-state index contributed by atoms with van der Waals surface area (Å²) in [6.07, 6.45) is 0. The van der Waals surface area contributed by atoms with E-state index in [0.29, 0.717) is 24.0 Å². The normalized spacial score (nSPS) is 10.5. The summed E-state index contributed by atoms with van der Waals surface area (Å²) in [4.78, 5) is 15.2. The van der Waals surface area contributed by atoms with Gasteiger partial charge in [-0.1, -0.05) is 23.5 Å². The Bertz CT molecular complexity index is 695. The van der Waals surface area contributed by atoms with Crippen molar-refractivity contribution in [3.05, 3.63) is 39.4 Å². The van der Waals surface area contributed by atoms with Gasteiger partial charge < -0.3 is 20.0 Å². The predicted molar refractivity (Wildman–Crippen MR) is 85.8 cm³/mol. The first kappa shape index (κ1) is 16.3. The van der Waals surface area contributed by atoms with Crippen LogP contribution in [0.2, 0.25) is 0 Å². The molecule has 0 fully saturated rings. The van der Waals surface area contributed by atoms with Crippen LogP contribution in [0.4, 0.5) is 5.13 Å². The molecule has 0 saturated heterocycles. The van der Waals surface area contributed by atoms with Crippen molar-refractivity contribution < 1.29 is 14.6 Å². The van der Waals surface area contributed by atoms with Gasteiger partial charge in [0.2, 0.25) is 0 Å². The van der Waals surface area contributed by atoms with E-state index in [1.54, 1.807) is 6.92 Å². The van der Waals surface area contributed by atoms with Crippen molar-refractivity contribution in [2.24, 2.45) is 0 Å². The highest BCUT2D eigenvalue weighted by Crippen LogP contribution is 2.26. The van der Waals surface area contributed by atoms with Crippen LogP contribution >= 0.6 is 11.3 Å². The third-order valence-electron chi connectivity index (χ3n) is 3.48. The lowest BCUT2D eigenvalue weighted by Crippen LogP contribution is -2.21. The molecule has 0 atom stereocenters. The number of carboxylic acid groups (broad SMARTS) is 1. The highest BCUT2D eigenvalue weighted by molar-refractivity contribution is 7.17. The first-order valence-corrected chi connectivity index (χ1v) is 7.84. The van der Waals surface area contributed by atoms with Gasteiger partial charge in [-0.3, -0.25) is 0 Å². The van der Waals surface area contributed by atoms with Gasteiger partial charge in [0.25, 0.3) is 0 Å². The van der Waals surface area contributed by atoms with Gasteiger partial charge >= 0.3 is 0 Å². The van der Waals surface area contributed by atoms with Gasteiger partial charge in [-0.05, 0) is 44.4 Å². The van der Waals surface area contributed by atoms with Gasteiger partial charge in [-0.2, -0.15) is 0 Å². The number of nitrogens with zero attached hydrogens (tertiary/aromatic N) is 1. The summed E-state index contributed by atoms with van der Waals surface area (Å²) >= 11 is 1.08. The van der Waals surface area contributed by atoms with E-state index >= 15 is 0 Å². The van der Waals surface area contributed by atoms with E-state index in [2.05, 4.69) is 23.3 Å². The number of rotatable bonds is 6. The number of hydrogen-bond donors (Lipinski definition) is 1. The second-order valence-corrected chi connectivity index (χ2v) is 6.15. The molecule has 2 aromatic rings. The molecule has 0 aliphatic rings. The third-order valence-corrected chi connectivity index (χ3v) is 4.58. The highest BCUT2D eigenvalue weighted by atomic mass is 32.1. The number of benzene rings is 1. The van der Waals surface area contributed by atoms with E-state index in [4.69, 9.17) is 4.74 Å². The van der Waals surface area contributed by atoms with E-state index in [1.165, 1.54) is 5.56 Å². The Kier molecular flexibility index (Phi) is 5.03. The molecule has 1 aromatic carbocycles. The van der Waals surface area contributed by atoms with Gasteiger partial charge in [0, 0.05) is 0 Å². The predicted octanol–water partition coefficient (Wildman–Crippen LogP) is 2.23. The Labute approximate surface area is 134 Å². The van der Waals surface area contributed by atoms with Crippen molar-refractivity contribution in [3.63, 3.8) is 0 Å². The first-order chi connectivity index (χ1) is 10.4. The molecule has 0 amide bonds. The number of ether oxygens (including phenoxy) is 1. The number of aromatic carboxylic acids is 1. The number of hydrogen-bond acceptors (Lipinski definition) is 6. The minimum Gasteiger partial charge on any atom is -0.544 e. The lowest BCUT2D eigenvalue weighted by molar-refractivity contribution is -0.254. The van der Waals surface area contributed by atoms with Crippen LogP contribution in [0.15, 0.2) is 12.1 Å². The van der Waals surface area contributed by atoms with Crippen molar-refractivity contribution in [2.75, 3.05) is 18.5 Å². The molecule has 1 heterocycles. The number of nitrogens with one attached hydrogen (secondary N) is 1. The van der Waals surface area contributed by atoms with Crippen LogP contribution in [-0.2, 0) is 0 Å². The maximum absolute atomic E-state index is 10.9. The molecule has 0 unspecified atom stereocenters. The number of thiazole rings is 1. The van der Waals surface area contributed by atoms with E-state index in [-0.39, 0.29) is 4.88 Å². The summed E-state index contributed by atoms with van der Waals surface area (Å²) in [6, 6.07) is 4.12. The Balaban J connectivity index is 1.92. The van der Waals surface area contributed by atoms with Crippen molar-refractivity contribution in [1.82, 2.24) is 4.98 Å². The smallest absolute Gasteiger partial charge is 0.183 e. The maximum Gasteiger partial charge on any atom is 0.183 e. The molecule has 1 N–H and O–H groups in total. The van der Waals surface area contributed by atoms with E-state index in [0.717, 1.165) is 28.2 Å². The van der Waals surface area contributed by atoms with Gasteiger partial charge in [-0.15, -0.1) is 0 Å². The summed E-state index contributed by atoms with van der Waals surface area (Å²) in [5.41, 5.74) is 3.92. The van der Waals surface area contributed by atoms with Crippen LogP contribution in [0.1, 0.15) is 32.1 Å². The lowest BCUT2D eigenvalue weighted by atomic mass is 10.1. The molecule has 2 rings (SSSR count). The SMILES string of the molecule is Cc1ccc(C)c(OCCNc2nc(C)c(C(=O)[O-])s2)c1C. The second kappa shape index (κ2) is 6.79. The number of carbonyl (C=O) groups excluding carboxylic acids is 1. The van der Waals surface area contributed by atoms with Gasteiger partial charge in [-0.25, -0.2) is 4.98 Å². The van der Waals surface area contributed by atoms with Gasteiger partial charge in [0.05, 0.1) is 23.1 Å². The highest BCUT2D eigenvalue weighted by Gasteiger charge is 2.09. The standard InChI is InChI=1S/C16H20N2O3S/c1-9-5-6-10(2)13(11(9)3)21-8-7-17-16-18-12(4)14(22-16)15(19)20/h5-6H,7-8H2,1-4H3,(H,17,18)(H,19,20)/p-1. The summed E-state index contributed by atoms with van der Waals surface area (Å²) in [7, 11) is 0. The van der Waals surface area contributed by atoms with Crippen molar-refractivity contribution in [1.29, 1.82) is 0 Å². The molecule has 0 saturated carbocycles. The van der Waals surface area contributed by atoms with E-state index in [9.17, 15) is 9.90 Å². The molecule has 0 spiro atoms. The molecule has 6 heteroatoms. The second-order valence-electron chi connectivity index (χ2n) is 5.15. The summed E-state index contributed by atoms with van der Waals surface area (Å²) in [6.45, 7) is 8.80. The number of anilines is 1. The zero-order valence-corrected chi connectivity index (χ0v) is 14.0. The first-order valence-electron chi connectivity index (χ1n) is 7.02. The molecule has 22 heavy (non-hydrogen) atoms. The van der Waals surface area contributed by atoms with Crippen LogP contribution in [0.5, 0.6) is 5.75 Å². The fourth-order valence-electron chi connectivity index (χ4n) is 2.12. The minimum absolute atomic E-state index is 0.161. The third kappa shape index (κ3) is 3.57. The summed E-state index contributed by atoms with van der Waals surface area (Å²) in [5, 5.41) is 14.5. The molecular formula is C16H19N2O3S-. The number of carboxylic acids is 1. The molecule has 0 aliphatic carbocycles. The number of aryl methyl sites for hydroxylation is 3. The Morgan fingerprint density at radius 2 is 1.95 bits per heavy atom. The summed E-state index contributed by atoms with van der Waals surface area (Å²) < 4.78 is 5.84. The van der Waals surface area contributed by atoms with Crippen LogP contribution in [0.25, 0.3) is 0 Å². The Morgan fingerprint density at radius 1 is 1.27 bits per heavy atom. The summed E-state index contributed by atoms with van der Waals surface area (Å²) in [5.74, 6) is -0.280. The minimum atomic E-state index is -1.19. The Hall–Kier alpha value is -2.08. The quantitative estimate of drug-likeness (QED) is 0.827.